The summed E-state index contributed by atoms with van der Waals surface area (Å²) >= 11 is 0. The van der Waals surface area contributed by atoms with E-state index in [2.05, 4.69) is 0 Å². The van der Waals surface area contributed by atoms with Crippen LogP contribution in [0.15, 0.2) is 62.5 Å². The van der Waals surface area contributed by atoms with Crippen molar-refractivity contribution in [3.05, 3.63) is 80.7 Å². The van der Waals surface area contributed by atoms with Crippen molar-refractivity contribution in [1.82, 2.24) is 9.13 Å². The molecule has 0 bridgehead atoms. The zero-order valence-corrected chi connectivity index (χ0v) is 14.9. The molecule has 5 nitrogen and oxygen atoms in total. The Morgan fingerprint density at radius 2 is 1.74 bits per heavy atom. The van der Waals surface area contributed by atoms with Gasteiger partial charge in [0.1, 0.15) is 16.9 Å². The Morgan fingerprint density at radius 1 is 1.00 bits per heavy atom. The molecule has 138 valence electrons. The Hall–Kier alpha value is -3.15. The van der Waals surface area contributed by atoms with Crippen LogP contribution in [0.3, 0.4) is 0 Å². The molecule has 0 radical (unpaired) electrons. The van der Waals surface area contributed by atoms with Crippen molar-refractivity contribution in [3.8, 4) is 0 Å². The maximum absolute atomic E-state index is 14.2. The lowest BCUT2D eigenvalue weighted by Crippen LogP contribution is -2.40. The highest BCUT2D eigenvalue weighted by atomic mass is 19.1. The van der Waals surface area contributed by atoms with Crippen molar-refractivity contribution in [1.29, 1.82) is 0 Å². The van der Waals surface area contributed by atoms with Crippen molar-refractivity contribution in [2.75, 3.05) is 0 Å². The average molecular weight is 366 g/mol. The molecule has 27 heavy (non-hydrogen) atoms. The molecule has 4 rings (SSSR count). The Labute approximate surface area is 154 Å². The fourth-order valence-electron chi connectivity index (χ4n) is 3.35. The fourth-order valence-corrected chi connectivity index (χ4v) is 3.35. The first-order valence-corrected chi connectivity index (χ1v) is 9.00. The first kappa shape index (κ1) is 17.3. The van der Waals surface area contributed by atoms with Crippen molar-refractivity contribution >= 4 is 22.1 Å². The van der Waals surface area contributed by atoms with Gasteiger partial charge < -0.3 is 4.42 Å². The molecule has 0 aliphatic heterocycles. The predicted octanol–water partition coefficient (Wildman–Crippen LogP) is 3.90. The van der Waals surface area contributed by atoms with Gasteiger partial charge in [-0.05, 0) is 24.6 Å². The molecule has 6 heteroatoms. The summed E-state index contributed by atoms with van der Waals surface area (Å²) in [4.78, 5) is 26.0. The highest BCUT2D eigenvalue weighted by Crippen LogP contribution is 2.26. The Kier molecular flexibility index (Phi) is 4.39. The van der Waals surface area contributed by atoms with E-state index in [0.29, 0.717) is 35.0 Å². The highest BCUT2D eigenvalue weighted by Gasteiger charge is 2.20. The number of nitrogens with zero attached hydrogens (tertiary/aromatic N) is 2. The minimum Gasteiger partial charge on any atom is -0.449 e. The molecule has 0 atom stereocenters. The van der Waals surface area contributed by atoms with E-state index < -0.39 is 17.1 Å². The van der Waals surface area contributed by atoms with Gasteiger partial charge in [-0.25, -0.2) is 9.18 Å². The number of hydrogen-bond acceptors (Lipinski definition) is 3. The minimum atomic E-state index is -0.448. The number of fused-ring (bicyclic) bond motifs is 3. The summed E-state index contributed by atoms with van der Waals surface area (Å²) in [5.74, 6) is -0.392. The topological polar surface area (TPSA) is 57.1 Å². The average Bonchev–Trinajstić information content (AvgIpc) is 3.06. The molecule has 0 amide bonds. The Morgan fingerprint density at radius 3 is 2.52 bits per heavy atom. The number of hydrogen-bond donors (Lipinski definition) is 0. The second kappa shape index (κ2) is 6.87. The van der Waals surface area contributed by atoms with Crippen LogP contribution in [0.4, 0.5) is 4.39 Å². The molecule has 0 aliphatic rings. The molecule has 2 aromatic heterocycles. The maximum atomic E-state index is 14.2. The van der Waals surface area contributed by atoms with E-state index >= 15 is 0 Å². The lowest BCUT2D eigenvalue weighted by Gasteiger charge is -2.12. The molecule has 4 aromatic rings. The van der Waals surface area contributed by atoms with Crippen molar-refractivity contribution in [3.63, 3.8) is 0 Å². The SMILES string of the molecule is CCCCn1c(=O)c2oc3ccccc3c2n(Cc2ccccc2F)c1=O. The fraction of sp³-hybridized carbons (Fsp3) is 0.238. The van der Waals surface area contributed by atoms with Gasteiger partial charge in [0.15, 0.2) is 0 Å². The summed E-state index contributed by atoms with van der Waals surface area (Å²) in [6, 6.07) is 13.5. The van der Waals surface area contributed by atoms with E-state index in [9.17, 15) is 14.0 Å². The van der Waals surface area contributed by atoms with Gasteiger partial charge >= 0.3 is 5.69 Å². The molecule has 0 aliphatic carbocycles. The molecular formula is C21H19FN2O3. The molecule has 0 unspecified atom stereocenters. The van der Waals surface area contributed by atoms with Crippen LogP contribution in [0, 0.1) is 5.82 Å². The summed E-state index contributed by atoms with van der Waals surface area (Å²) in [6.45, 7) is 2.32. The number of aromatic nitrogens is 2. The Balaban J connectivity index is 2.06. The second-order valence-electron chi connectivity index (χ2n) is 6.55. The van der Waals surface area contributed by atoms with Gasteiger partial charge in [0.25, 0.3) is 5.56 Å². The molecule has 0 fully saturated rings. The molecule has 0 spiro atoms. The maximum Gasteiger partial charge on any atom is 0.332 e. The first-order chi connectivity index (χ1) is 13.1. The van der Waals surface area contributed by atoms with Crippen LogP contribution in [0.1, 0.15) is 25.3 Å². The Bertz CT molecular complexity index is 1250. The third-order valence-corrected chi connectivity index (χ3v) is 4.76. The number of rotatable bonds is 5. The number of halogens is 1. The molecule has 2 aromatic carbocycles. The van der Waals surface area contributed by atoms with E-state index in [4.69, 9.17) is 4.42 Å². The van der Waals surface area contributed by atoms with Crippen molar-refractivity contribution in [2.45, 2.75) is 32.9 Å². The summed E-state index contributed by atoms with van der Waals surface area (Å²) in [5.41, 5.74) is 0.562. The van der Waals surface area contributed by atoms with E-state index in [1.54, 1.807) is 36.4 Å². The van der Waals surface area contributed by atoms with E-state index in [0.717, 1.165) is 6.42 Å². The standard InChI is InChI=1S/C21H19FN2O3/c1-2-3-12-23-20(25)19-18(15-9-5-7-11-17(15)27-19)24(21(23)26)13-14-8-4-6-10-16(14)22/h4-11H,2-3,12-13H2,1H3. The lowest BCUT2D eigenvalue weighted by molar-refractivity contribution is 0.537. The number of furan rings is 1. The quantitative estimate of drug-likeness (QED) is 0.538. The number of para-hydroxylation sites is 1. The van der Waals surface area contributed by atoms with Crippen LogP contribution in [0.2, 0.25) is 0 Å². The van der Waals surface area contributed by atoms with Gasteiger partial charge in [-0.1, -0.05) is 43.7 Å². The summed E-state index contributed by atoms with van der Waals surface area (Å²) in [5, 5.41) is 0.667. The van der Waals surface area contributed by atoms with Gasteiger partial charge in [0.05, 0.1) is 6.54 Å². The van der Waals surface area contributed by atoms with Crippen LogP contribution in [-0.4, -0.2) is 9.13 Å². The second-order valence-corrected chi connectivity index (χ2v) is 6.55. The van der Waals surface area contributed by atoms with Crippen LogP contribution >= 0.6 is 0 Å². The molecule has 2 heterocycles. The minimum absolute atomic E-state index is 0.0257. The molecular weight excluding hydrogens is 347 g/mol. The van der Waals surface area contributed by atoms with Gasteiger partial charge in [-0.2, -0.15) is 0 Å². The zero-order chi connectivity index (χ0) is 19.0. The van der Waals surface area contributed by atoms with Gasteiger partial charge in [-0.3, -0.25) is 13.9 Å². The smallest absolute Gasteiger partial charge is 0.332 e. The van der Waals surface area contributed by atoms with E-state index in [1.807, 2.05) is 13.0 Å². The first-order valence-electron chi connectivity index (χ1n) is 9.00. The largest absolute Gasteiger partial charge is 0.449 e. The summed E-state index contributed by atoms with van der Waals surface area (Å²) in [7, 11) is 0. The predicted molar refractivity (Wildman–Crippen MR) is 103 cm³/mol. The van der Waals surface area contributed by atoms with E-state index in [1.165, 1.54) is 15.2 Å². The third kappa shape index (κ3) is 2.87. The number of benzene rings is 2. The van der Waals surface area contributed by atoms with Crippen LogP contribution < -0.4 is 11.2 Å². The summed E-state index contributed by atoms with van der Waals surface area (Å²) in [6.07, 6.45) is 1.54. The van der Waals surface area contributed by atoms with Crippen molar-refractivity contribution < 1.29 is 8.81 Å². The highest BCUT2D eigenvalue weighted by molar-refractivity contribution is 6.02. The van der Waals surface area contributed by atoms with E-state index in [-0.39, 0.29) is 12.1 Å². The molecule has 0 saturated carbocycles. The molecule has 0 saturated heterocycles. The van der Waals surface area contributed by atoms with Crippen molar-refractivity contribution in [2.24, 2.45) is 0 Å². The number of unbranched alkanes of at least 4 members (excludes halogenated alkanes) is 1. The zero-order valence-electron chi connectivity index (χ0n) is 14.9. The monoisotopic (exact) mass is 366 g/mol. The van der Waals surface area contributed by atoms with Gasteiger partial charge in [0, 0.05) is 17.5 Å². The van der Waals surface area contributed by atoms with Gasteiger partial charge in [-0.15, -0.1) is 0 Å². The summed E-state index contributed by atoms with van der Waals surface area (Å²) < 4.78 is 22.6. The lowest BCUT2D eigenvalue weighted by atomic mass is 10.2. The van der Waals surface area contributed by atoms with Crippen LogP contribution in [0.25, 0.3) is 22.1 Å². The normalized spacial score (nSPS) is 11.5. The van der Waals surface area contributed by atoms with Crippen LogP contribution in [0.5, 0.6) is 0 Å². The van der Waals surface area contributed by atoms with Crippen LogP contribution in [-0.2, 0) is 13.1 Å². The third-order valence-electron chi connectivity index (χ3n) is 4.76. The molecule has 0 N–H and O–H groups in total. The van der Waals surface area contributed by atoms with Gasteiger partial charge in [0.2, 0.25) is 5.58 Å².